The molecule has 0 aliphatic heterocycles. The molecule has 0 saturated heterocycles. The summed E-state index contributed by atoms with van der Waals surface area (Å²) in [7, 11) is 0. The number of carbonyl (C=O) groups is 1. The van der Waals surface area contributed by atoms with Gasteiger partial charge in [0, 0.05) is 11.3 Å². The number of ketones is 1. The standard InChI is InChI=1S/C16H16OS/c17-15-7-3-4-8-16(15)18-14-10-9-12-5-1-2-6-13(12)11-14/h1-2,5-6,9-11,16H,3-4,7-8H2/t16-/m1/s1. The minimum atomic E-state index is 0.180. The minimum absolute atomic E-state index is 0.180. The second-order valence-electron chi connectivity index (χ2n) is 4.83. The van der Waals surface area contributed by atoms with Crippen LogP contribution in [0.25, 0.3) is 10.8 Å². The molecule has 1 atom stereocenters. The van der Waals surface area contributed by atoms with Crippen molar-refractivity contribution in [2.75, 3.05) is 0 Å². The van der Waals surface area contributed by atoms with Crippen molar-refractivity contribution >= 4 is 28.3 Å². The van der Waals surface area contributed by atoms with E-state index < -0.39 is 0 Å². The van der Waals surface area contributed by atoms with E-state index in [0.717, 1.165) is 19.3 Å². The van der Waals surface area contributed by atoms with Gasteiger partial charge in [-0.05, 0) is 35.7 Å². The Morgan fingerprint density at radius 2 is 1.83 bits per heavy atom. The summed E-state index contributed by atoms with van der Waals surface area (Å²) in [5.74, 6) is 0.430. The molecule has 18 heavy (non-hydrogen) atoms. The zero-order valence-corrected chi connectivity index (χ0v) is 11.1. The van der Waals surface area contributed by atoms with Crippen molar-refractivity contribution in [3.05, 3.63) is 42.5 Å². The molecule has 0 heterocycles. The van der Waals surface area contributed by atoms with Crippen LogP contribution < -0.4 is 0 Å². The van der Waals surface area contributed by atoms with Crippen molar-refractivity contribution in [1.82, 2.24) is 0 Å². The number of fused-ring (bicyclic) bond motifs is 1. The highest BCUT2D eigenvalue weighted by molar-refractivity contribution is 8.00. The highest BCUT2D eigenvalue weighted by Crippen LogP contribution is 2.33. The van der Waals surface area contributed by atoms with Gasteiger partial charge in [-0.15, -0.1) is 11.8 Å². The third-order valence-electron chi connectivity index (χ3n) is 3.50. The van der Waals surface area contributed by atoms with Gasteiger partial charge in [-0.3, -0.25) is 4.79 Å². The maximum atomic E-state index is 11.8. The van der Waals surface area contributed by atoms with Gasteiger partial charge >= 0.3 is 0 Å². The molecule has 2 aromatic carbocycles. The van der Waals surface area contributed by atoms with Crippen LogP contribution in [-0.4, -0.2) is 11.0 Å². The summed E-state index contributed by atoms with van der Waals surface area (Å²) in [6, 6.07) is 14.8. The SMILES string of the molecule is O=C1CCCC[C@H]1Sc1ccc2ccccc2c1. The fraction of sp³-hybridized carbons (Fsp3) is 0.312. The van der Waals surface area contributed by atoms with Crippen LogP contribution in [0.2, 0.25) is 0 Å². The molecule has 0 N–H and O–H groups in total. The Morgan fingerprint density at radius 1 is 1.00 bits per heavy atom. The lowest BCUT2D eigenvalue weighted by atomic mass is 9.99. The summed E-state index contributed by atoms with van der Waals surface area (Å²) >= 11 is 1.74. The summed E-state index contributed by atoms with van der Waals surface area (Å²) in [6.07, 6.45) is 4.08. The van der Waals surface area contributed by atoms with E-state index in [2.05, 4.69) is 42.5 Å². The number of thioether (sulfide) groups is 1. The van der Waals surface area contributed by atoms with E-state index in [1.54, 1.807) is 11.8 Å². The molecule has 2 aromatic rings. The quantitative estimate of drug-likeness (QED) is 0.790. The topological polar surface area (TPSA) is 17.1 Å². The fourth-order valence-corrected chi connectivity index (χ4v) is 3.68. The van der Waals surface area contributed by atoms with Crippen molar-refractivity contribution in [3.63, 3.8) is 0 Å². The molecule has 2 heteroatoms. The van der Waals surface area contributed by atoms with Crippen LogP contribution in [0.3, 0.4) is 0 Å². The number of hydrogen-bond donors (Lipinski definition) is 0. The molecule has 1 fully saturated rings. The van der Waals surface area contributed by atoms with Gasteiger partial charge in [-0.25, -0.2) is 0 Å². The zero-order valence-electron chi connectivity index (χ0n) is 10.3. The van der Waals surface area contributed by atoms with Gasteiger partial charge in [-0.1, -0.05) is 36.8 Å². The summed E-state index contributed by atoms with van der Waals surface area (Å²) in [5.41, 5.74) is 0. The number of rotatable bonds is 2. The summed E-state index contributed by atoms with van der Waals surface area (Å²) in [4.78, 5) is 13.1. The maximum Gasteiger partial charge on any atom is 0.146 e. The Morgan fingerprint density at radius 3 is 2.67 bits per heavy atom. The van der Waals surface area contributed by atoms with E-state index >= 15 is 0 Å². The largest absolute Gasteiger partial charge is 0.298 e. The molecule has 3 rings (SSSR count). The summed E-state index contributed by atoms with van der Waals surface area (Å²) < 4.78 is 0. The third kappa shape index (κ3) is 2.44. The van der Waals surface area contributed by atoms with E-state index in [1.165, 1.54) is 22.1 Å². The van der Waals surface area contributed by atoms with Crippen molar-refractivity contribution in [2.24, 2.45) is 0 Å². The monoisotopic (exact) mass is 256 g/mol. The van der Waals surface area contributed by atoms with E-state index in [0.29, 0.717) is 5.78 Å². The van der Waals surface area contributed by atoms with E-state index in [-0.39, 0.29) is 5.25 Å². The van der Waals surface area contributed by atoms with Crippen molar-refractivity contribution < 1.29 is 4.79 Å². The van der Waals surface area contributed by atoms with E-state index in [9.17, 15) is 4.79 Å². The van der Waals surface area contributed by atoms with Gasteiger partial charge in [0.2, 0.25) is 0 Å². The molecule has 92 valence electrons. The Balaban J connectivity index is 1.83. The van der Waals surface area contributed by atoms with Gasteiger partial charge in [-0.2, -0.15) is 0 Å². The van der Waals surface area contributed by atoms with Gasteiger partial charge in [0.15, 0.2) is 0 Å². The molecular weight excluding hydrogens is 240 g/mol. The number of hydrogen-bond acceptors (Lipinski definition) is 2. The molecule has 0 bridgehead atoms. The molecular formula is C16H16OS. The van der Waals surface area contributed by atoms with Crippen LogP contribution in [0.5, 0.6) is 0 Å². The molecule has 0 amide bonds. The van der Waals surface area contributed by atoms with Crippen LogP contribution in [0.4, 0.5) is 0 Å². The minimum Gasteiger partial charge on any atom is -0.298 e. The van der Waals surface area contributed by atoms with E-state index in [4.69, 9.17) is 0 Å². The van der Waals surface area contributed by atoms with Gasteiger partial charge in [0.25, 0.3) is 0 Å². The highest BCUT2D eigenvalue weighted by atomic mass is 32.2. The lowest BCUT2D eigenvalue weighted by molar-refractivity contribution is -0.119. The number of carbonyl (C=O) groups excluding carboxylic acids is 1. The predicted octanol–water partition coefficient (Wildman–Crippen LogP) is 4.44. The molecule has 1 nitrogen and oxygen atoms in total. The van der Waals surface area contributed by atoms with Crippen LogP contribution in [0.15, 0.2) is 47.4 Å². The first-order valence-electron chi connectivity index (χ1n) is 6.51. The Hall–Kier alpha value is -1.28. The zero-order chi connectivity index (χ0) is 12.4. The van der Waals surface area contributed by atoms with Crippen molar-refractivity contribution in [2.45, 2.75) is 35.8 Å². The summed E-state index contributed by atoms with van der Waals surface area (Å²) in [6.45, 7) is 0. The Kier molecular flexibility index (Phi) is 3.37. The number of benzene rings is 2. The van der Waals surface area contributed by atoms with Crippen LogP contribution in [0.1, 0.15) is 25.7 Å². The molecule has 0 spiro atoms. The van der Waals surface area contributed by atoms with Gasteiger partial charge in [0.05, 0.1) is 5.25 Å². The summed E-state index contributed by atoms with van der Waals surface area (Å²) in [5, 5.41) is 2.70. The van der Waals surface area contributed by atoms with Crippen LogP contribution in [-0.2, 0) is 4.79 Å². The normalized spacial score (nSPS) is 20.2. The Labute approximate surface area is 112 Å². The van der Waals surface area contributed by atoms with Gasteiger partial charge in [0.1, 0.15) is 5.78 Å². The highest BCUT2D eigenvalue weighted by Gasteiger charge is 2.22. The molecule has 0 unspecified atom stereocenters. The molecule has 1 aliphatic rings. The number of Topliss-reactive ketones (excluding diaryl/α,β-unsaturated/α-hetero) is 1. The average molecular weight is 256 g/mol. The molecule has 0 radical (unpaired) electrons. The molecule has 1 saturated carbocycles. The van der Waals surface area contributed by atoms with Crippen LogP contribution in [0, 0.1) is 0 Å². The molecule has 1 aliphatic carbocycles. The second-order valence-corrected chi connectivity index (χ2v) is 6.10. The fourth-order valence-electron chi connectivity index (χ4n) is 2.48. The average Bonchev–Trinajstić information content (AvgIpc) is 2.41. The lowest BCUT2D eigenvalue weighted by Crippen LogP contribution is -2.21. The van der Waals surface area contributed by atoms with Gasteiger partial charge < -0.3 is 0 Å². The predicted molar refractivity (Wildman–Crippen MR) is 77.1 cm³/mol. The molecule has 0 aromatic heterocycles. The third-order valence-corrected chi connectivity index (χ3v) is 4.81. The van der Waals surface area contributed by atoms with Crippen molar-refractivity contribution in [1.29, 1.82) is 0 Å². The second kappa shape index (κ2) is 5.15. The van der Waals surface area contributed by atoms with Crippen LogP contribution >= 0.6 is 11.8 Å². The maximum absolute atomic E-state index is 11.8. The lowest BCUT2D eigenvalue weighted by Gasteiger charge is -2.19. The van der Waals surface area contributed by atoms with Crippen molar-refractivity contribution in [3.8, 4) is 0 Å². The first-order chi connectivity index (χ1) is 8.83. The Bertz CT molecular complexity index is 576. The first kappa shape index (κ1) is 11.8. The smallest absolute Gasteiger partial charge is 0.146 e. The van der Waals surface area contributed by atoms with E-state index in [1.807, 2.05) is 0 Å². The first-order valence-corrected chi connectivity index (χ1v) is 7.39.